The van der Waals surface area contributed by atoms with Gasteiger partial charge in [0.05, 0.1) is 19.3 Å². The molecule has 0 spiro atoms. The summed E-state index contributed by atoms with van der Waals surface area (Å²) in [6.45, 7) is 0.284. The van der Waals surface area contributed by atoms with E-state index in [2.05, 4.69) is 20.9 Å². The number of halogens is 3. The van der Waals surface area contributed by atoms with Crippen LogP contribution in [0.25, 0.3) is 0 Å². The van der Waals surface area contributed by atoms with E-state index < -0.39 is 29.0 Å². The topological polar surface area (TPSA) is 74.8 Å². The van der Waals surface area contributed by atoms with E-state index in [4.69, 9.17) is 4.74 Å². The first-order valence-corrected chi connectivity index (χ1v) is 8.46. The molecule has 0 aliphatic heterocycles. The van der Waals surface area contributed by atoms with Gasteiger partial charge >= 0.3 is 0 Å². The highest BCUT2D eigenvalue weighted by molar-refractivity contribution is 5.95. The number of carbonyl (C=O) groups is 1. The largest absolute Gasteiger partial charge is 0.496 e. The number of hydrogen-bond donors (Lipinski definition) is 3. The van der Waals surface area contributed by atoms with Crippen LogP contribution in [0.3, 0.4) is 0 Å². The lowest BCUT2D eigenvalue weighted by molar-refractivity contribution is -0.115. The van der Waals surface area contributed by atoms with Gasteiger partial charge in [0, 0.05) is 13.6 Å². The number of nitrogens with zero attached hydrogens (tertiary/aromatic N) is 1. The summed E-state index contributed by atoms with van der Waals surface area (Å²) in [7, 11) is 3.13. The average Bonchev–Trinajstić information content (AvgIpc) is 2.71. The van der Waals surface area contributed by atoms with E-state index in [1.54, 1.807) is 7.11 Å². The minimum Gasteiger partial charge on any atom is -0.496 e. The predicted molar refractivity (Wildman–Crippen MR) is 101 cm³/mol. The molecule has 0 fully saturated rings. The molecular formula is C19H21F3N4O2. The number of methoxy groups -OCH3 is 1. The molecule has 0 radical (unpaired) electrons. The maximum absolute atomic E-state index is 13.6. The molecule has 0 aliphatic rings. The molecule has 2 aromatic rings. The highest BCUT2D eigenvalue weighted by Crippen LogP contribution is 2.19. The molecule has 0 aliphatic carbocycles. The van der Waals surface area contributed by atoms with Crippen LogP contribution in [0.5, 0.6) is 5.75 Å². The van der Waals surface area contributed by atoms with E-state index in [0.717, 1.165) is 23.4 Å². The van der Waals surface area contributed by atoms with E-state index in [1.807, 2.05) is 24.3 Å². The molecule has 1 amide bonds. The zero-order chi connectivity index (χ0) is 20.5. The number of amides is 1. The van der Waals surface area contributed by atoms with Crippen molar-refractivity contribution < 1.29 is 22.7 Å². The molecule has 0 bridgehead atoms. The number of anilines is 1. The standard InChI is InChI=1S/C19H21F3N4O2/c1-23-19(24-10-9-12-5-3-4-6-15(12)28-2)25-11-16(27)26-14-8-7-13(20)17(21)18(14)22/h3-8H,9-11H2,1-2H3,(H,26,27)(H2,23,24,25). The van der Waals surface area contributed by atoms with Crippen molar-refractivity contribution in [2.24, 2.45) is 4.99 Å². The minimum absolute atomic E-state index is 0.243. The van der Waals surface area contributed by atoms with E-state index in [1.165, 1.54) is 7.05 Å². The van der Waals surface area contributed by atoms with Crippen LogP contribution >= 0.6 is 0 Å². The summed E-state index contributed by atoms with van der Waals surface area (Å²) in [6.07, 6.45) is 0.664. The van der Waals surface area contributed by atoms with Gasteiger partial charge in [-0.3, -0.25) is 9.79 Å². The van der Waals surface area contributed by atoms with Crippen molar-refractivity contribution in [2.75, 3.05) is 32.6 Å². The Morgan fingerprint density at radius 3 is 2.54 bits per heavy atom. The Kier molecular flexibility index (Phi) is 7.67. The van der Waals surface area contributed by atoms with Gasteiger partial charge in [0.15, 0.2) is 23.4 Å². The molecule has 0 heterocycles. The number of carbonyl (C=O) groups excluding carboxylic acids is 1. The predicted octanol–water partition coefficient (Wildman–Crippen LogP) is 2.46. The van der Waals surface area contributed by atoms with Crippen LogP contribution in [0, 0.1) is 17.5 Å². The van der Waals surface area contributed by atoms with E-state index in [-0.39, 0.29) is 6.54 Å². The second-order valence-electron chi connectivity index (χ2n) is 5.69. The number of para-hydroxylation sites is 1. The van der Waals surface area contributed by atoms with Crippen LogP contribution in [0.15, 0.2) is 41.4 Å². The Morgan fingerprint density at radius 2 is 1.82 bits per heavy atom. The summed E-state index contributed by atoms with van der Waals surface area (Å²) in [4.78, 5) is 15.9. The van der Waals surface area contributed by atoms with Gasteiger partial charge in [-0.05, 0) is 30.2 Å². The number of nitrogens with one attached hydrogen (secondary N) is 3. The highest BCUT2D eigenvalue weighted by Gasteiger charge is 2.15. The van der Waals surface area contributed by atoms with E-state index in [9.17, 15) is 18.0 Å². The molecule has 6 nitrogen and oxygen atoms in total. The lowest BCUT2D eigenvalue weighted by atomic mass is 10.1. The number of guanidine groups is 1. The van der Waals surface area contributed by atoms with Crippen molar-refractivity contribution >= 4 is 17.6 Å². The van der Waals surface area contributed by atoms with Gasteiger partial charge in [0.2, 0.25) is 5.91 Å². The molecule has 0 unspecified atom stereocenters. The van der Waals surface area contributed by atoms with Crippen molar-refractivity contribution in [2.45, 2.75) is 6.42 Å². The SMILES string of the molecule is CN=C(NCCc1ccccc1OC)NCC(=O)Nc1ccc(F)c(F)c1F. The molecule has 150 valence electrons. The fraction of sp³-hybridized carbons (Fsp3) is 0.263. The van der Waals surface area contributed by atoms with Gasteiger partial charge in [0.1, 0.15) is 5.75 Å². The molecular weight excluding hydrogens is 373 g/mol. The normalized spacial score (nSPS) is 11.1. The number of benzene rings is 2. The highest BCUT2D eigenvalue weighted by atomic mass is 19.2. The third kappa shape index (κ3) is 5.63. The Hall–Kier alpha value is -3.23. The van der Waals surface area contributed by atoms with Gasteiger partial charge in [0.25, 0.3) is 0 Å². The van der Waals surface area contributed by atoms with Crippen molar-refractivity contribution in [3.63, 3.8) is 0 Å². The average molecular weight is 394 g/mol. The van der Waals surface area contributed by atoms with Crippen LogP contribution in [-0.2, 0) is 11.2 Å². The van der Waals surface area contributed by atoms with Gasteiger partial charge in [-0.15, -0.1) is 0 Å². The van der Waals surface area contributed by atoms with Crippen molar-refractivity contribution in [3.8, 4) is 5.75 Å². The fourth-order valence-corrected chi connectivity index (χ4v) is 2.43. The van der Waals surface area contributed by atoms with Crippen molar-refractivity contribution in [1.82, 2.24) is 10.6 Å². The Labute approximate surface area is 160 Å². The molecule has 0 aromatic heterocycles. The van der Waals surface area contributed by atoms with Crippen molar-refractivity contribution in [1.29, 1.82) is 0 Å². The lowest BCUT2D eigenvalue weighted by Gasteiger charge is -2.13. The quantitative estimate of drug-likeness (QED) is 0.383. The second kappa shape index (κ2) is 10.2. The zero-order valence-electron chi connectivity index (χ0n) is 15.5. The molecule has 2 rings (SSSR count). The van der Waals surface area contributed by atoms with E-state index >= 15 is 0 Å². The van der Waals surface area contributed by atoms with E-state index in [0.29, 0.717) is 18.9 Å². The van der Waals surface area contributed by atoms with Gasteiger partial charge < -0.3 is 20.7 Å². The number of ether oxygens (including phenoxy) is 1. The third-order valence-corrected chi connectivity index (χ3v) is 3.83. The first kappa shape index (κ1) is 21.1. The Morgan fingerprint density at radius 1 is 1.07 bits per heavy atom. The molecule has 28 heavy (non-hydrogen) atoms. The zero-order valence-corrected chi connectivity index (χ0v) is 15.5. The third-order valence-electron chi connectivity index (χ3n) is 3.83. The number of hydrogen-bond acceptors (Lipinski definition) is 3. The van der Waals surface area contributed by atoms with Crippen LogP contribution in [-0.4, -0.2) is 39.1 Å². The monoisotopic (exact) mass is 394 g/mol. The summed E-state index contributed by atoms with van der Waals surface area (Å²) in [6, 6.07) is 9.29. The van der Waals surface area contributed by atoms with Gasteiger partial charge in [-0.1, -0.05) is 18.2 Å². The Bertz CT molecular complexity index is 859. The molecule has 0 saturated heterocycles. The first-order valence-electron chi connectivity index (χ1n) is 8.46. The first-order chi connectivity index (χ1) is 13.5. The van der Waals surface area contributed by atoms with Crippen LogP contribution in [0.1, 0.15) is 5.56 Å². The molecule has 0 atom stereocenters. The molecule has 2 aromatic carbocycles. The summed E-state index contributed by atoms with van der Waals surface area (Å²) in [5.74, 6) is -3.92. The summed E-state index contributed by atoms with van der Waals surface area (Å²) < 4.78 is 45.0. The van der Waals surface area contributed by atoms with Crippen LogP contribution in [0.2, 0.25) is 0 Å². The fourth-order valence-electron chi connectivity index (χ4n) is 2.43. The number of aliphatic imine (C=N–C) groups is 1. The van der Waals surface area contributed by atoms with Crippen LogP contribution < -0.4 is 20.7 Å². The van der Waals surface area contributed by atoms with Crippen molar-refractivity contribution in [3.05, 3.63) is 59.4 Å². The smallest absolute Gasteiger partial charge is 0.243 e. The minimum atomic E-state index is -1.64. The van der Waals surface area contributed by atoms with Gasteiger partial charge in [-0.25, -0.2) is 13.2 Å². The van der Waals surface area contributed by atoms with Gasteiger partial charge in [-0.2, -0.15) is 0 Å². The molecule has 3 N–H and O–H groups in total. The maximum atomic E-state index is 13.6. The summed E-state index contributed by atoms with van der Waals surface area (Å²) in [5, 5.41) is 7.96. The Balaban J connectivity index is 1.82. The summed E-state index contributed by atoms with van der Waals surface area (Å²) >= 11 is 0. The summed E-state index contributed by atoms with van der Waals surface area (Å²) in [5.41, 5.74) is 0.573. The molecule has 9 heteroatoms. The second-order valence-corrected chi connectivity index (χ2v) is 5.69. The number of rotatable bonds is 7. The van der Waals surface area contributed by atoms with Crippen LogP contribution in [0.4, 0.5) is 18.9 Å². The molecule has 0 saturated carbocycles. The maximum Gasteiger partial charge on any atom is 0.243 e. The lowest BCUT2D eigenvalue weighted by Crippen LogP contribution is -2.42.